The predicted molar refractivity (Wildman–Crippen MR) is 72.6 cm³/mol. The summed E-state index contributed by atoms with van der Waals surface area (Å²) in [5.41, 5.74) is 0.680. The van der Waals surface area contributed by atoms with E-state index in [0.29, 0.717) is 17.9 Å². The fourth-order valence-corrected chi connectivity index (χ4v) is 1.52. The highest BCUT2D eigenvalue weighted by atomic mass is 19.1. The van der Waals surface area contributed by atoms with Crippen molar-refractivity contribution in [3.05, 3.63) is 42.2 Å². The number of amides is 1. The molecule has 0 saturated carbocycles. The van der Waals surface area contributed by atoms with Crippen LogP contribution in [0.4, 0.5) is 4.39 Å². The third-order valence-electron chi connectivity index (χ3n) is 2.67. The van der Waals surface area contributed by atoms with E-state index in [0.717, 1.165) is 0 Å². The molecular weight excluding hydrogens is 247 g/mol. The van der Waals surface area contributed by atoms with Gasteiger partial charge in [0.1, 0.15) is 11.6 Å². The summed E-state index contributed by atoms with van der Waals surface area (Å²) < 4.78 is 18.7. The van der Waals surface area contributed by atoms with E-state index in [9.17, 15) is 9.18 Å². The van der Waals surface area contributed by atoms with Crippen molar-refractivity contribution in [1.82, 2.24) is 10.6 Å². The monoisotopic (exact) mass is 266 g/mol. The molecular formula is C14H19FN2O2. The van der Waals surface area contributed by atoms with Gasteiger partial charge < -0.3 is 15.4 Å². The maximum absolute atomic E-state index is 13.2. The maximum atomic E-state index is 13.2. The average Bonchev–Trinajstić information content (AvgIpc) is 2.42. The molecule has 5 heteroatoms. The van der Waals surface area contributed by atoms with E-state index in [1.165, 1.54) is 18.2 Å². The number of hydrogen-bond donors (Lipinski definition) is 2. The summed E-state index contributed by atoms with van der Waals surface area (Å²) in [4.78, 5) is 11.4. The molecule has 1 atom stereocenters. The lowest BCUT2D eigenvalue weighted by Crippen LogP contribution is -2.29. The lowest BCUT2D eigenvalue weighted by molar-refractivity contribution is -0.122. The van der Waals surface area contributed by atoms with E-state index < -0.39 is 0 Å². The smallest absolute Gasteiger partial charge is 0.258 e. The number of hydrogen-bond acceptors (Lipinski definition) is 3. The van der Waals surface area contributed by atoms with Gasteiger partial charge in [-0.25, -0.2) is 4.39 Å². The molecule has 0 spiro atoms. The van der Waals surface area contributed by atoms with Crippen LogP contribution in [0, 0.1) is 5.82 Å². The predicted octanol–water partition coefficient (Wildman–Crippen LogP) is 1.79. The van der Waals surface area contributed by atoms with Crippen LogP contribution in [0.3, 0.4) is 0 Å². The van der Waals surface area contributed by atoms with Crippen molar-refractivity contribution >= 4 is 5.91 Å². The van der Waals surface area contributed by atoms with Gasteiger partial charge in [-0.3, -0.25) is 4.79 Å². The first-order valence-corrected chi connectivity index (χ1v) is 6.05. The van der Waals surface area contributed by atoms with Crippen molar-refractivity contribution in [2.75, 3.05) is 20.2 Å². The second-order valence-corrected chi connectivity index (χ2v) is 4.07. The van der Waals surface area contributed by atoms with Crippen LogP contribution in [-0.2, 0) is 4.79 Å². The average molecular weight is 266 g/mol. The zero-order valence-electron chi connectivity index (χ0n) is 11.2. The highest BCUT2D eigenvalue weighted by Crippen LogP contribution is 2.25. The van der Waals surface area contributed by atoms with E-state index in [2.05, 4.69) is 17.2 Å². The van der Waals surface area contributed by atoms with Gasteiger partial charge >= 0.3 is 0 Å². The Labute approximate surface area is 112 Å². The summed E-state index contributed by atoms with van der Waals surface area (Å²) in [6.45, 7) is 5.68. The largest absolute Gasteiger partial charge is 0.483 e. The van der Waals surface area contributed by atoms with Gasteiger partial charge in [0.05, 0.1) is 0 Å². The van der Waals surface area contributed by atoms with Crippen LogP contribution in [0.2, 0.25) is 0 Å². The SMILES string of the molecule is C=CCNC(=O)COc1ccc(F)cc1C(C)NC. The molecule has 1 amide bonds. The van der Waals surface area contributed by atoms with Gasteiger partial charge in [-0.05, 0) is 32.2 Å². The molecule has 104 valence electrons. The standard InChI is InChI=1S/C14H19FN2O2/c1-4-7-17-14(18)9-19-13-6-5-11(15)8-12(13)10(2)16-3/h4-6,8,10,16H,1,7,9H2,2-3H3,(H,17,18). The number of ether oxygens (including phenoxy) is 1. The second-order valence-electron chi connectivity index (χ2n) is 4.07. The molecule has 0 aromatic heterocycles. The Morgan fingerprint density at radius 1 is 1.58 bits per heavy atom. The molecule has 1 aromatic carbocycles. The molecule has 19 heavy (non-hydrogen) atoms. The topological polar surface area (TPSA) is 50.4 Å². The highest BCUT2D eigenvalue weighted by Gasteiger charge is 2.12. The molecule has 1 rings (SSSR count). The molecule has 0 saturated heterocycles. The zero-order valence-corrected chi connectivity index (χ0v) is 11.2. The van der Waals surface area contributed by atoms with Crippen molar-refractivity contribution in [2.45, 2.75) is 13.0 Å². The third kappa shape index (κ3) is 4.71. The number of halogens is 1. The van der Waals surface area contributed by atoms with Gasteiger partial charge in [-0.1, -0.05) is 6.08 Å². The van der Waals surface area contributed by atoms with Gasteiger partial charge in [-0.2, -0.15) is 0 Å². The van der Waals surface area contributed by atoms with Crippen LogP contribution in [0.25, 0.3) is 0 Å². The summed E-state index contributed by atoms with van der Waals surface area (Å²) in [7, 11) is 1.77. The first kappa shape index (κ1) is 15.2. The molecule has 0 aliphatic carbocycles. The second kappa shape index (κ2) is 7.53. The van der Waals surface area contributed by atoms with Crippen LogP contribution in [0.1, 0.15) is 18.5 Å². The normalized spacial score (nSPS) is 11.7. The number of benzene rings is 1. The van der Waals surface area contributed by atoms with Crippen molar-refractivity contribution in [2.24, 2.45) is 0 Å². The van der Waals surface area contributed by atoms with Crippen LogP contribution in [-0.4, -0.2) is 26.1 Å². The fourth-order valence-electron chi connectivity index (χ4n) is 1.52. The van der Waals surface area contributed by atoms with E-state index in [4.69, 9.17) is 4.74 Å². The van der Waals surface area contributed by atoms with E-state index >= 15 is 0 Å². The van der Waals surface area contributed by atoms with Crippen molar-refractivity contribution < 1.29 is 13.9 Å². The molecule has 0 aliphatic rings. The van der Waals surface area contributed by atoms with Crippen LogP contribution < -0.4 is 15.4 Å². The number of rotatable bonds is 7. The Morgan fingerprint density at radius 3 is 2.95 bits per heavy atom. The summed E-state index contributed by atoms with van der Waals surface area (Å²) >= 11 is 0. The van der Waals surface area contributed by atoms with Gasteiger partial charge in [0, 0.05) is 18.2 Å². The van der Waals surface area contributed by atoms with Crippen molar-refractivity contribution in [3.8, 4) is 5.75 Å². The van der Waals surface area contributed by atoms with Gasteiger partial charge in [0.25, 0.3) is 5.91 Å². The summed E-state index contributed by atoms with van der Waals surface area (Å²) in [6, 6.07) is 4.17. The molecule has 0 bridgehead atoms. The first-order chi connectivity index (χ1) is 9.08. The third-order valence-corrected chi connectivity index (χ3v) is 2.67. The fraction of sp³-hybridized carbons (Fsp3) is 0.357. The molecule has 1 aromatic rings. The number of nitrogens with one attached hydrogen (secondary N) is 2. The zero-order chi connectivity index (χ0) is 14.3. The van der Waals surface area contributed by atoms with E-state index in [-0.39, 0.29) is 24.4 Å². The number of carbonyl (C=O) groups excluding carboxylic acids is 1. The van der Waals surface area contributed by atoms with Crippen LogP contribution in [0.15, 0.2) is 30.9 Å². The van der Waals surface area contributed by atoms with Gasteiger partial charge in [0.2, 0.25) is 0 Å². The minimum atomic E-state index is -0.333. The molecule has 2 N–H and O–H groups in total. The summed E-state index contributed by atoms with van der Waals surface area (Å²) in [5, 5.41) is 5.62. The Bertz CT molecular complexity index is 449. The quantitative estimate of drug-likeness (QED) is 0.740. The van der Waals surface area contributed by atoms with E-state index in [1.807, 2.05) is 6.92 Å². The van der Waals surface area contributed by atoms with Crippen LogP contribution in [0.5, 0.6) is 5.75 Å². The van der Waals surface area contributed by atoms with Gasteiger partial charge in [0.15, 0.2) is 6.61 Å². The minimum Gasteiger partial charge on any atom is -0.483 e. The Kier molecular flexibility index (Phi) is 6.02. The number of carbonyl (C=O) groups is 1. The first-order valence-electron chi connectivity index (χ1n) is 6.05. The molecule has 4 nitrogen and oxygen atoms in total. The molecule has 0 radical (unpaired) electrons. The lowest BCUT2D eigenvalue weighted by Gasteiger charge is -2.16. The molecule has 0 fully saturated rings. The minimum absolute atomic E-state index is 0.0677. The molecule has 0 aliphatic heterocycles. The van der Waals surface area contributed by atoms with E-state index in [1.54, 1.807) is 13.1 Å². The Hall–Kier alpha value is -1.88. The Balaban J connectivity index is 2.72. The summed E-state index contributed by atoms with van der Waals surface area (Å²) in [5.74, 6) is -0.0788. The Morgan fingerprint density at radius 2 is 2.32 bits per heavy atom. The van der Waals surface area contributed by atoms with Crippen molar-refractivity contribution in [1.29, 1.82) is 0 Å². The van der Waals surface area contributed by atoms with Crippen LogP contribution >= 0.6 is 0 Å². The molecule has 0 heterocycles. The van der Waals surface area contributed by atoms with Crippen molar-refractivity contribution in [3.63, 3.8) is 0 Å². The lowest BCUT2D eigenvalue weighted by atomic mass is 10.1. The maximum Gasteiger partial charge on any atom is 0.258 e. The highest BCUT2D eigenvalue weighted by molar-refractivity contribution is 5.77. The molecule has 1 unspecified atom stereocenters. The van der Waals surface area contributed by atoms with Gasteiger partial charge in [-0.15, -0.1) is 6.58 Å². The summed E-state index contributed by atoms with van der Waals surface area (Å²) in [6.07, 6.45) is 1.59.